The topological polar surface area (TPSA) is 125 Å². The lowest BCUT2D eigenvalue weighted by Gasteiger charge is -2.33. The molecule has 3 aromatic heterocycles. The zero-order chi connectivity index (χ0) is 23.5. The fraction of sp³-hybridized carbons (Fsp3) is 0.500. The number of aliphatic hydroxyl groups is 1. The van der Waals surface area contributed by atoms with E-state index in [-0.39, 0.29) is 36.4 Å². The number of pyridine rings is 1. The van der Waals surface area contributed by atoms with Gasteiger partial charge in [-0.05, 0) is 43.4 Å². The molecule has 180 valence electrons. The average molecular weight is 467 g/mol. The van der Waals surface area contributed by atoms with Crippen molar-refractivity contribution >= 4 is 22.8 Å². The predicted octanol–water partition coefficient (Wildman–Crippen LogP) is 2.02. The van der Waals surface area contributed by atoms with E-state index in [0.29, 0.717) is 18.3 Å². The Balaban J connectivity index is 1.32. The van der Waals surface area contributed by atoms with Gasteiger partial charge in [0.1, 0.15) is 23.8 Å². The van der Waals surface area contributed by atoms with Crippen LogP contribution < -0.4 is 15.0 Å². The molecular formula is C24H30N6O4. The number of nitrogens with zero attached hydrogens (tertiary/aromatic N) is 4. The molecule has 0 saturated carbocycles. The summed E-state index contributed by atoms with van der Waals surface area (Å²) in [5.74, 6) is 0.729. The van der Waals surface area contributed by atoms with Gasteiger partial charge in [-0.1, -0.05) is 0 Å². The summed E-state index contributed by atoms with van der Waals surface area (Å²) in [6.07, 6.45) is 6.77. The minimum atomic E-state index is -0.375. The third-order valence-electron chi connectivity index (χ3n) is 6.51. The molecule has 10 nitrogen and oxygen atoms in total. The van der Waals surface area contributed by atoms with Gasteiger partial charge in [-0.25, -0.2) is 4.98 Å². The normalized spacial score (nSPS) is 19.6. The highest BCUT2D eigenvalue weighted by atomic mass is 16.6. The minimum absolute atomic E-state index is 0.0420. The average Bonchev–Trinajstić information content (AvgIpc) is 3.27. The van der Waals surface area contributed by atoms with Crippen LogP contribution >= 0.6 is 0 Å². The Bertz CT molecular complexity index is 1140. The molecule has 0 aliphatic carbocycles. The summed E-state index contributed by atoms with van der Waals surface area (Å²) in [5, 5.41) is 13.2. The number of aliphatic hydroxyl groups excluding tert-OH is 1. The highest BCUT2D eigenvalue weighted by Crippen LogP contribution is 2.34. The van der Waals surface area contributed by atoms with E-state index in [1.165, 1.54) is 10.9 Å². The van der Waals surface area contributed by atoms with Crippen molar-refractivity contribution in [2.75, 3.05) is 37.8 Å². The van der Waals surface area contributed by atoms with Crippen molar-refractivity contribution in [1.82, 2.24) is 25.3 Å². The van der Waals surface area contributed by atoms with Crippen molar-refractivity contribution in [2.45, 2.75) is 44.2 Å². The summed E-state index contributed by atoms with van der Waals surface area (Å²) >= 11 is 0. The Labute approximate surface area is 197 Å². The van der Waals surface area contributed by atoms with Crippen LogP contribution in [-0.2, 0) is 4.74 Å². The lowest BCUT2D eigenvalue weighted by molar-refractivity contribution is -0.0734. The largest absolute Gasteiger partial charge is 0.461 e. The van der Waals surface area contributed by atoms with Crippen LogP contribution in [0.4, 0.5) is 5.82 Å². The highest BCUT2D eigenvalue weighted by molar-refractivity contribution is 5.93. The number of ether oxygens (including phenoxy) is 2. The summed E-state index contributed by atoms with van der Waals surface area (Å²) in [7, 11) is 0. The van der Waals surface area contributed by atoms with E-state index < -0.39 is 0 Å². The molecular weight excluding hydrogens is 436 g/mol. The Morgan fingerprint density at radius 1 is 1.35 bits per heavy atom. The standard InChI is InChI=1S/C24H30N6O4/c1-15(13-31)27-23(32)20-11-21(29-24(28-20)34-14-17-6-10-33-17)30-8-4-16(5-9-30)19-12-26-22-18(19)3-2-7-25-22/h2-3,7,11-12,15-17,31H,4-6,8-10,13-14H2,1H3,(H,25,26)(H,27,32)/t15-,17-/m1/s1. The lowest BCUT2D eigenvalue weighted by Crippen LogP contribution is -2.37. The molecule has 2 atom stereocenters. The van der Waals surface area contributed by atoms with E-state index in [0.717, 1.165) is 44.6 Å². The number of carbonyl (C=O) groups is 1. The number of carbonyl (C=O) groups excluding carboxylic acids is 1. The first-order valence-electron chi connectivity index (χ1n) is 11.8. The van der Waals surface area contributed by atoms with Gasteiger partial charge in [-0.2, -0.15) is 9.97 Å². The number of H-pyrrole nitrogens is 1. The molecule has 2 aliphatic heterocycles. The molecule has 3 aromatic rings. The number of anilines is 1. The fourth-order valence-corrected chi connectivity index (χ4v) is 4.42. The van der Waals surface area contributed by atoms with Gasteiger partial charge in [0.15, 0.2) is 0 Å². The number of aromatic nitrogens is 4. The molecule has 0 bridgehead atoms. The molecule has 10 heteroatoms. The number of hydrogen-bond donors (Lipinski definition) is 3. The Hall–Kier alpha value is -3.24. The predicted molar refractivity (Wildman–Crippen MR) is 126 cm³/mol. The van der Waals surface area contributed by atoms with Crippen molar-refractivity contribution in [3.05, 3.63) is 41.9 Å². The maximum absolute atomic E-state index is 12.7. The van der Waals surface area contributed by atoms with Crippen LogP contribution in [0.15, 0.2) is 30.6 Å². The number of hydrogen-bond acceptors (Lipinski definition) is 8. The number of aromatic amines is 1. The number of rotatable bonds is 8. The molecule has 2 fully saturated rings. The summed E-state index contributed by atoms with van der Waals surface area (Å²) in [4.78, 5) is 31.5. The molecule has 2 aliphatic rings. The highest BCUT2D eigenvalue weighted by Gasteiger charge is 2.26. The Morgan fingerprint density at radius 2 is 2.18 bits per heavy atom. The third kappa shape index (κ3) is 4.83. The minimum Gasteiger partial charge on any atom is -0.461 e. The smallest absolute Gasteiger partial charge is 0.319 e. The number of fused-ring (bicyclic) bond motifs is 1. The van der Waals surface area contributed by atoms with Crippen LogP contribution in [0, 0.1) is 0 Å². The van der Waals surface area contributed by atoms with Gasteiger partial charge in [0.05, 0.1) is 12.7 Å². The molecule has 5 rings (SSSR count). The summed E-state index contributed by atoms with van der Waals surface area (Å²) in [6, 6.07) is 5.57. The SMILES string of the molecule is C[C@H](CO)NC(=O)c1cc(N2CCC(c3c[nH]c4ncccc34)CC2)nc(OC[C@H]2CCO2)n1. The molecule has 0 aromatic carbocycles. The molecule has 0 radical (unpaired) electrons. The first kappa shape index (κ1) is 22.5. The molecule has 0 unspecified atom stereocenters. The van der Waals surface area contributed by atoms with Crippen LogP contribution in [0.3, 0.4) is 0 Å². The Morgan fingerprint density at radius 3 is 2.91 bits per heavy atom. The second-order valence-electron chi connectivity index (χ2n) is 8.95. The second kappa shape index (κ2) is 9.94. The molecule has 1 amide bonds. The number of piperidine rings is 1. The molecule has 3 N–H and O–H groups in total. The van der Waals surface area contributed by atoms with Crippen LogP contribution in [0.1, 0.15) is 48.2 Å². The van der Waals surface area contributed by atoms with E-state index >= 15 is 0 Å². The van der Waals surface area contributed by atoms with E-state index in [4.69, 9.17) is 9.47 Å². The van der Waals surface area contributed by atoms with Gasteiger partial charge in [-0.3, -0.25) is 4.79 Å². The molecule has 0 spiro atoms. The summed E-state index contributed by atoms with van der Waals surface area (Å²) < 4.78 is 11.2. The molecule has 5 heterocycles. The van der Waals surface area contributed by atoms with Crippen LogP contribution in [0.5, 0.6) is 6.01 Å². The van der Waals surface area contributed by atoms with E-state index in [2.05, 4.69) is 42.4 Å². The van der Waals surface area contributed by atoms with Crippen LogP contribution in [-0.4, -0.2) is 76.0 Å². The number of amides is 1. The summed E-state index contributed by atoms with van der Waals surface area (Å²) in [5.41, 5.74) is 2.44. The quantitative estimate of drug-likeness (QED) is 0.460. The van der Waals surface area contributed by atoms with Crippen molar-refractivity contribution in [3.63, 3.8) is 0 Å². The zero-order valence-electron chi connectivity index (χ0n) is 19.2. The maximum atomic E-state index is 12.7. The first-order valence-corrected chi connectivity index (χ1v) is 11.8. The summed E-state index contributed by atoms with van der Waals surface area (Å²) in [6.45, 7) is 4.28. The van der Waals surface area contributed by atoms with Gasteiger partial charge in [0.2, 0.25) is 0 Å². The zero-order valence-corrected chi connectivity index (χ0v) is 19.2. The van der Waals surface area contributed by atoms with Crippen LogP contribution in [0.25, 0.3) is 11.0 Å². The fourth-order valence-electron chi connectivity index (χ4n) is 4.42. The van der Waals surface area contributed by atoms with Gasteiger partial charge >= 0.3 is 6.01 Å². The van der Waals surface area contributed by atoms with E-state index in [1.54, 1.807) is 19.2 Å². The molecule has 2 saturated heterocycles. The van der Waals surface area contributed by atoms with Crippen LogP contribution in [0.2, 0.25) is 0 Å². The van der Waals surface area contributed by atoms with Crippen molar-refractivity contribution in [1.29, 1.82) is 0 Å². The number of nitrogens with one attached hydrogen (secondary N) is 2. The van der Waals surface area contributed by atoms with Gasteiger partial charge < -0.3 is 29.8 Å². The Kier molecular flexibility index (Phi) is 6.59. The van der Waals surface area contributed by atoms with Gasteiger partial charge in [0, 0.05) is 56.0 Å². The van der Waals surface area contributed by atoms with E-state index in [9.17, 15) is 9.90 Å². The monoisotopic (exact) mass is 466 g/mol. The van der Waals surface area contributed by atoms with Crippen molar-refractivity contribution in [3.8, 4) is 6.01 Å². The lowest BCUT2D eigenvalue weighted by atomic mass is 9.89. The third-order valence-corrected chi connectivity index (χ3v) is 6.51. The van der Waals surface area contributed by atoms with Gasteiger partial charge in [0.25, 0.3) is 5.91 Å². The molecule has 34 heavy (non-hydrogen) atoms. The van der Waals surface area contributed by atoms with Gasteiger partial charge in [-0.15, -0.1) is 0 Å². The van der Waals surface area contributed by atoms with E-state index in [1.807, 2.05) is 6.07 Å². The second-order valence-corrected chi connectivity index (χ2v) is 8.95. The first-order chi connectivity index (χ1) is 16.6. The maximum Gasteiger partial charge on any atom is 0.319 e. The van der Waals surface area contributed by atoms with Crippen molar-refractivity contribution < 1.29 is 19.4 Å². The van der Waals surface area contributed by atoms with Crippen molar-refractivity contribution in [2.24, 2.45) is 0 Å².